The minimum atomic E-state index is -3.96. The van der Waals surface area contributed by atoms with E-state index in [4.69, 9.17) is 23.2 Å². The highest BCUT2D eigenvalue weighted by Crippen LogP contribution is 2.36. The summed E-state index contributed by atoms with van der Waals surface area (Å²) in [4.78, 5) is 1.45. The van der Waals surface area contributed by atoms with Crippen LogP contribution < -0.4 is 4.90 Å². The fourth-order valence-corrected chi connectivity index (χ4v) is 4.92. The van der Waals surface area contributed by atoms with Crippen LogP contribution in [-0.4, -0.2) is 44.0 Å². The topological polar surface area (TPSA) is 60.9 Å². The van der Waals surface area contributed by atoms with Gasteiger partial charge in [-0.25, -0.2) is 12.8 Å². The molecule has 5 nitrogen and oxygen atoms in total. The molecule has 2 aromatic carbocycles. The van der Waals surface area contributed by atoms with Gasteiger partial charge in [0.05, 0.1) is 10.7 Å². The zero-order chi connectivity index (χ0) is 18.2. The molecule has 0 spiro atoms. The Bertz CT molecular complexity index is 900. The summed E-state index contributed by atoms with van der Waals surface area (Å²) in [5, 5.41) is 9.99. The lowest BCUT2D eigenvalue weighted by Crippen LogP contribution is -2.48. The molecule has 134 valence electrons. The van der Waals surface area contributed by atoms with Crippen molar-refractivity contribution >= 4 is 38.9 Å². The first-order chi connectivity index (χ1) is 11.8. The number of hydrogen-bond donors (Lipinski definition) is 1. The third-order valence-electron chi connectivity index (χ3n) is 4.04. The Morgan fingerprint density at radius 3 is 2.32 bits per heavy atom. The normalized spacial score (nSPS) is 16.2. The number of anilines is 1. The smallest absolute Gasteiger partial charge is 0.246 e. The van der Waals surface area contributed by atoms with E-state index in [1.165, 1.54) is 22.5 Å². The lowest BCUT2D eigenvalue weighted by atomic mass is 10.2. The summed E-state index contributed by atoms with van der Waals surface area (Å²) in [6.07, 6.45) is 0. The highest BCUT2D eigenvalue weighted by molar-refractivity contribution is 7.89. The third-order valence-corrected chi connectivity index (χ3v) is 6.46. The molecule has 1 aliphatic heterocycles. The first kappa shape index (κ1) is 18.3. The van der Waals surface area contributed by atoms with Crippen LogP contribution in [0.3, 0.4) is 0 Å². The van der Waals surface area contributed by atoms with E-state index in [1.807, 2.05) is 0 Å². The van der Waals surface area contributed by atoms with Gasteiger partial charge < -0.3 is 10.0 Å². The number of nitrogens with zero attached hydrogens (tertiary/aromatic N) is 2. The van der Waals surface area contributed by atoms with Crippen LogP contribution in [0.1, 0.15) is 0 Å². The minimum Gasteiger partial charge on any atom is -0.505 e. The van der Waals surface area contributed by atoms with Crippen molar-refractivity contribution in [2.45, 2.75) is 4.90 Å². The van der Waals surface area contributed by atoms with Gasteiger partial charge in [0.15, 0.2) is 5.75 Å². The molecule has 1 fully saturated rings. The van der Waals surface area contributed by atoms with Gasteiger partial charge in [0.1, 0.15) is 10.7 Å². The van der Waals surface area contributed by atoms with Gasteiger partial charge in [0, 0.05) is 31.2 Å². The number of aromatic hydroxyl groups is 1. The second-order valence-corrected chi connectivity index (χ2v) is 8.33. The molecule has 0 amide bonds. The molecule has 9 heteroatoms. The summed E-state index contributed by atoms with van der Waals surface area (Å²) < 4.78 is 40.7. The first-order valence-electron chi connectivity index (χ1n) is 7.48. The molecule has 1 N–H and O–H groups in total. The second kappa shape index (κ2) is 6.99. The Morgan fingerprint density at radius 1 is 1.04 bits per heavy atom. The molecule has 1 heterocycles. The Hall–Kier alpha value is -1.54. The molecular formula is C16H15Cl2FN2O3S. The molecule has 1 aliphatic rings. The molecule has 0 unspecified atom stereocenters. The van der Waals surface area contributed by atoms with E-state index in [9.17, 15) is 17.9 Å². The lowest BCUT2D eigenvalue weighted by molar-refractivity contribution is 0.379. The Labute approximate surface area is 155 Å². The van der Waals surface area contributed by atoms with Crippen molar-refractivity contribution in [2.75, 3.05) is 31.1 Å². The molecule has 2 aromatic rings. The predicted molar refractivity (Wildman–Crippen MR) is 95.5 cm³/mol. The average Bonchev–Trinajstić information content (AvgIpc) is 2.58. The summed E-state index contributed by atoms with van der Waals surface area (Å²) in [6, 6.07) is 8.79. The third kappa shape index (κ3) is 3.55. The summed E-state index contributed by atoms with van der Waals surface area (Å²) >= 11 is 11.7. The monoisotopic (exact) mass is 404 g/mol. The standard InChI is InChI=1S/C16H15Cl2FN2O3S/c17-11-9-12(18)16(22)15(10-11)25(23,24)21-7-5-20(6-8-21)14-4-2-1-3-13(14)19/h1-4,9-10,22H,5-8H2. The summed E-state index contributed by atoms with van der Waals surface area (Å²) in [6.45, 7) is 0.963. The highest BCUT2D eigenvalue weighted by atomic mass is 35.5. The Balaban J connectivity index is 1.82. The van der Waals surface area contributed by atoms with Crippen molar-refractivity contribution in [3.63, 3.8) is 0 Å². The molecule has 0 atom stereocenters. The van der Waals surface area contributed by atoms with Crippen molar-refractivity contribution in [1.82, 2.24) is 4.31 Å². The summed E-state index contributed by atoms with van der Waals surface area (Å²) in [5.41, 5.74) is 0.438. The maximum Gasteiger partial charge on any atom is 0.246 e. The number of para-hydroxylation sites is 1. The fraction of sp³-hybridized carbons (Fsp3) is 0.250. The maximum atomic E-state index is 13.9. The van der Waals surface area contributed by atoms with Crippen molar-refractivity contribution in [3.05, 3.63) is 52.3 Å². The van der Waals surface area contributed by atoms with Crippen LogP contribution in [0.2, 0.25) is 10.0 Å². The van der Waals surface area contributed by atoms with Crippen molar-refractivity contribution in [1.29, 1.82) is 0 Å². The number of piperazine rings is 1. The van der Waals surface area contributed by atoms with E-state index < -0.39 is 15.8 Å². The van der Waals surface area contributed by atoms with Gasteiger partial charge in [-0.1, -0.05) is 35.3 Å². The van der Waals surface area contributed by atoms with Gasteiger partial charge in [0.2, 0.25) is 10.0 Å². The molecule has 0 aromatic heterocycles. The number of benzene rings is 2. The van der Waals surface area contributed by atoms with Crippen LogP contribution >= 0.6 is 23.2 Å². The fourth-order valence-electron chi connectivity index (χ4n) is 2.76. The minimum absolute atomic E-state index is 0.117. The van der Waals surface area contributed by atoms with Gasteiger partial charge >= 0.3 is 0 Å². The van der Waals surface area contributed by atoms with E-state index in [-0.39, 0.29) is 33.8 Å². The van der Waals surface area contributed by atoms with Crippen molar-refractivity contribution in [2.24, 2.45) is 0 Å². The zero-order valence-corrected chi connectivity index (χ0v) is 15.3. The average molecular weight is 405 g/mol. The molecule has 0 aliphatic carbocycles. The largest absolute Gasteiger partial charge is 0.505 e. The van der Waals surface area contributed by atoms with Crippen LogP contribution in [0.5, 0.6) is 5.75 Å². The van der Waals surface area contributed by atoms with Crippen molar-refractivity contribution < 1.29 is 17.9 Å². The van der Waals surface area contributed by atoms with Gasteiger partial charge in [-0.05, 0) is 24.3 Å². The quantitative estimate of drug-likeness (QED) is 0.851. The van der Waals surface area contributed by atoms with Crippen molar-refractivity contribution in [3.8, 4) is 5.75 Å². The molecule has 0 saturated carbocycles. The number of sulfonamides is 1. The van der Waals surface area contributed by atoms with E-state index >= 15 is 0 Å². The Morgan fingerprint density at radius 2 is 1.68 bits per heavy atom. The summed E-state index contributed by atoms with van der Waals surface area (Å²) in [7, 11) is -3.96. The van der Waals surface area contributed by atoms with Gasteiger partial charge in [-0.15, -0.1) is 0 Å². The van der Waals surface area contributed by atoms with Gasteiger partial charge in [-0.2, -0.15) is 4.31 Å². The van der Waals surface area contributed by atoms with Crippen LogP contribution in [0.25, 0.3) is 0 Å². The zero-order valence-electron chi connectivity index (χ0n) is 13.0. The van der Waals surface area contributed by atoms with Crippen LogP contribution in [-0.2, 0) is 10.0 Å². The molecule has 1 saturated heterocycles. The first-order valence-corrected chi connectivity index (χ1v) is 9.68. The van der Waals surface area contributed by atoms with Crippen LogP contribution in [0.4, 0.5) is 10.1 Å². The van der Waals surface area contributed by atoms with Gasteiger partial charge in [-0.3, -0.25) is 0 Å². The molecule has 0 radical (unpaired) electrons. The van der Waals surface area contributed by atoms with Gasteiger partial charge in [0.25, 0.3) is 0 Å². The number of phenols is 1. The lowest BCUT2D eigenvalue weighted by Gasteiger charge is -2.35. The number of phenolic OH excluding ortho intramolecular Hbond substituents is 1. The van der Waals surface area contributed by atoms with E-state index in [1.54, 1.807) is 23.1 Å². The van der Waals surface area contributed by atoms with E-state index in [0.717, 1.165) is 0 Å². The SMILES string of the molecule is O=S(=O)(c1cc(Cl)cc(Cl)c1O)N1CCN(c2ccccc2F)CC1. The van der Waals surface area contributed by atoms with E-state index in [0.29, 0.717) is 18.8 Å². The highest BCUT2D eigenvalue weighted by Gasteiger charge is 2.32. The molecule has 3 rings (SSSR count). The molecule has 25 heavy (non-hydrogen) atoms. The second-order valence-electron chi connectivity index (χ2n) is 5.58. The van der Waals surface area contributed by atoms with Crippen LogP contribution in [0.15, 0.2) is 41.3 Å². The maximum absolute atomic E-state index is 13.9. The molecule has 0 bridgehead atoms. The van der Waals surface area contributed by atoms with Crippen LogP contribution in [0, 0.1) is 5.82 Å². The predicted octanol–water partition coefficient (Wildman–Crippen LogP) is 3.35. The Kier molecular flexibility index (Phi) is 5.11. The molecular weight excluding hydrogens is 390 g/mol. The van der Waals surface area contributed by atoms with E-state index in [2.05, 4.69) is 0 Å². The number of rotatable bonds is 3. The summed E-state index contributed by atoms with van der Waals surface area (Å²) in [5.74, 6) is -0.874. The number of hydrogen-bond acceptors (Lipinski definition) is 4. The number of halogens is 3.